The smallest absolute Gasteiger partial charge is 0.407 e. The SMILES string of the molecule is Cn1c(=O)n(C2CCC(=O)NC2=O)c2ccc(C#CCOCCNC(=O)OC(C)(C)C)cc21. The molecule has 2 heterocycles. The zero-order valence-corrected chi connectivity index (χ0v) is 19.2. The van der Waals surface area contributed by atoms with Crippen molar-refractivity contribution in [2.75, 3.05) is 19.8 Å². The van der Waals surface area contributed by atoms with Crippen molar-refractivity contribution in [1.29, 1.82) is 0 Å². The second-order valence-electron chi connectivity index (χ2n) is 8.67. The number of carbonyl (C=O) groups is 3. The lowest BCUT2D eigenvalue weighted by atomic mass is 10.1. The Labute approximate surface area is 191 Å². The van der Waals surface area contributed by atoms with Gasteiger partial charge in [0.25, 0.3) is 0 Å². The van der Waals surface area contributed by atoms with Crippen LogP contribution in [-0.4, -0.2) is 52.4 Å². The molecule has 1 aliphatic heterocycles. The number of imide groups is 1. The molecule has 1 aliphatic rings. The highest BCUT2D eigenvalue weighted by Gasteiger charge is 2.31. The summed E-state index contributed by atoms with van der Waals surface area (Å²) in [4.78, 5) is 48.0. The lowest BCUT2D eigenvalue weighted by Gasteiger charge is -2.21. The molecule has 1 unspecified atom stereocenters. The number of nitrogens with zero attached hydrogens (tertiary/aromatic N) is 2. The van der Waals surface area contributed by atoms with Gasteiger partial charge in [0.15, 0.2) is 0 Å². The maximum Gasteiger partial charge on any atom is 0.407 e. The van der Waals surface area contributed by atoms with E-state index in [0.717, 1.165) is 0 Å². The van der Waals surface area contributed by atoms with Crippen LogP contribution in [0.2, 0.25) is 0 Å². The molecule has 10 heteroatoms. The summed E-state index contributed by atoms with van der Waals surface area (Å²) >= 11 is 0. The van der Waals surface area contributed by atoms with Gasteiger partial charge in [-0.25, -0.2) is 9.59 Å². The number of piperidine rings is 1. The van der Waals surface area contributed by atoms with E-state index < -0.39 is 23.6 Å². The third-order valence-electron chi connectivity index (χ3n) is 4.93. The molecule has 3 amide bonds. The van der Waals surface area contributed by atoms with Crippen LogP contribution in [-0.2, 0) is 26.1 Å². The van der Waals surface area contributed by atoms with E-state index in [-0.39, 0.29) is 37.7 Å². The van der Waals surface area contributed by atoms with Gasteiger partial charge >= 0.3 is 11.8 Å². The molecule has 0 spiro atoms. The van der Waals surface area contributed by atoms with E-state index in [1.165, 1.54) is 9.13 Å². The van der Waals surface area contributed by atoms with Gasteiger partial charge in [0.2, 0.25) is 11.8 Å². The van der Waals surface area contributed by atoms with Crippen LogP contribution in [0, 0.1) is 11.8 Å². The average Bonchev–Trinajstić information content (AvgIpc) is 2.96. The number of fused-ring (bicyclic) bond motifs is 1. The van der Waals surface area contributed by atoms with Crippen molar-refractivity contribution < 1.29 is 23.9 Å². The van der Waals surface area contributed by atoms with E-state index in [9.17, 15) is 19.2 Å². The van der Waals surface area contributed by atoms with Gasteiger partial charge in [-0.3, -0.25) is 24.0 Å². The van der Waals surface area contributed by atoms with Gasteiger partial charge in [-0.15, -0.1) is 0 Å². The Morgan fingerprint density at radius 2 is 2.00 bits per heavy atom. The maximum atomic E-state index is 12.8. The number of alkyl carbamates (subject to hydrolysis) is 1. The minimum atomic E-state index is -0.724. The molecular weight excluding hydrogens is 428 g/mol. The summed E-state index contributed by atoms with van der Waals surface area (Å²) in [5, 5.41) is 4.89. The summed E-state index contributed by atoms with van der Waals surface area (Å²) < 4.78 is 13.4. The van der Waals surface area contributed by atoms with E-state index in [4.69, 9.17) is 9.47 Å². The first-order valence-corrected chi connectivity index (χ1v) is 10.6. The Morgan fingerprint density at radius 3 is 2.70 bits per heavy atom. The first-order chi connectivity index (χ1) is 15.6. The summed E-state index contributed by atoms with van der Waals surface area (Å²) in [6.45, 7) is 6.13. The highest BCUT2D eigenvalue weighted by Crippen LogP contribution is 2.23. The van der Waals surface area contributed by atoms with Gasteiger partial charge in [-0.1, -0.05) is 11.8 Å². The monoisotopic (exact) mass is 456 g/mol. The molecule has 10 nitrogen and oxygen atoms in total. The Bertz CT molecular complexity index is 1190. The summed E-state index contributed by atoms with van der Waals surface area (Å²) in [5.74, 6) is 5.08. The van der Waals surface area contributed by atoms with Crippen LogP contribution < -0.4 is 16.3 Å². The van der Waals surface area contributed by atoms with Crippen molar-refractivity contribution in [2.45, 2.75) is 45.3 Å². The van der Waals surface area contributed by atoms with Gasteiger partial charge in [0, 0.05) is 25.6 Å². The van der Waals surface area contributed by atoms with E-state index in [0.29, 0.717) is 23.1 Å². The molecule has 33 heavy (non-hydrogen) atoms. The average molecular weight is 456 g/mol. The molecule has 1 saturated heterocycles. The fourth-order valence-electron chi connectivity index (χ4n) is 3.47. The first kappa shape index (κ1) is 24.1. The number of rotatable bonds is 5. The van der Waals surface area contributed by atoms with Crippen LogP contribution in [0.25, 0.3) is 11.0 Å². The molecule has 0 saturated carbocycles. The summed E-state index contributed by atoms with van der Waals surface area (Å²) in [6.07, 6.45) is -0.0260. The summed E-state index contributed by atoms with van der Waals surface area (Å²) in [5.41, 5.74) is 1.05. The molecule has 3 rings (SSSR count). The quantitative estimate of drug-likeness (QED) is 0.396. The van der Waals surface area contributed by atoms with Crippen molar-refractivity contribution in [3.8, 4) is 11.8 Å². The fourth-order valence-corrected chi connectivity index (χ4v) is 3.47. The summed E-state index contributed by atoms with van der Waals surface area (Å²) in [7, 11) is 1.63. The number of ether oxygens (including phenoxy) is 2. The summed E-state index contributed by atoms with van der Waals surface area (Å²) in [6, 6.07) is 4.56. The normalized spacial score (nSPS) is 16.2. The number of hydrogen-bond acceptors (Lipinski definition) is 6. The van der Waals surface area contributed by atoms with E-state index in [1.807, 2.05) is 0 Å². The third-order valence-corrected chi connectivity index (χ3v) is 4.93. The third kappa shape index (κ3) is 6.02. The Hall–Kier alpha value is -3.58. The minimum Gasteiger partial charge on any atom is -0.444 e. The molecule has 176 valence electrons. The number of carbonyl (C=O) groups excluding carboxylic acids is 3. The van der Waals surface area contributed by atoms with Crippen LogP contribution in [0.1, 0.15) is 45.2 Å². The van der Waals surface area contributed by atoms with Crippen LogP contribution in [0.3, 0.4) is 0 Å². The minimum absolute atomic E-state index is 0.171. The molecule has 1 atom stereocenters. The van der Waals surface area contributed by atoms with Crippen molar-refractivity contribution in [3.63, 3.8) is 0 Å². The maximum absolute atomic E-state index is 12.8. The zero-order chi connectivity index (χ0) is 24.2. The highest BCUT2D eigenvalue weighted by atomic mass is 16.6. The lowest BCUT2D eigenvalue weighted by molar-refractivity contribution is -0.135. The van der Waals surface area contributed by atoms with Crippen molar-refractivity contribution in [2.24, 2.45) is 7.05 Å². The second kappa shape index (κ2) is 9.92. The van der Waals surface area contributed by atoms with Crippen LogP contribution in [0.15, 0.2) is 23.0 Å². The largest absolute Gasteiger partial charge is 0.444 e. The predicted octanol–water partition coefficient (Wildman–Crippen LogP) is 1.21. The van der Waals surface area contributed by atoms with E-state index >= 15 is 0 Å². The van der Waals surface area contributed by atoms with Crippen LogP contribution >= 0.6 is 0 Å². The molecule has 0 aliphatic carbocycles. The van der Waals surface area contributed by atoms with Gasteiger partial charge in [-0.2, -0.15) is 0 Å². The van der Waals surface area contributed by atoms with Crippen molar-refractivity contribution in [1.82, 2.24) is 19.8 Å². The number of aryl methyl sites for hydroxylation is 1. The molecule has 2 N–H and O–H groups in total. The number of nitrogens with one attached hydrogen (secondary N) is 2. The van der Waals surface area contributed by atoms with Gasteiger partial charge in [-0.05, 0) is 45.4 Å². The number of imidazole rings is 1. The Kier molecular flexibility index (Phi) is 7.23. The van der Waals surface area contributed by atoms with E-state index in [2.05, 4.69) is 22.5 Å². The van der Waals surface area contributed by atoms with Gasteiger partial charge in [0.1, 0.15) is 18.2 Å². The van der Waals surface area contributed by atoms with Crippen molar-refractivity contribution >= 4 is 28.9 Å². The molecule has 1 fully saturated rings. The number of amides is 3. The molecule has 1 aromatic carbocycles. The number of benzene rings is 1. The molecule has 1 aromatic heterocycles. The zero-order valence-electron chi connectivity index (χ0n) is 19.2. The molecular formula is C23H28N4O6. The Balaban J connectivity index is 1.60. The fraction of sp³-hybridized carbons (Fsp3) is 0.478. The van der Waals surface area contributed by atoms with Crippen LogP contribution in [0.4, 0.5) is 4.79 Å². The van der Waals surface area contributed by atoms with Gasteiger partial charge in [0.05, 0.1) is 17.6 Å². The van der Waals surface area contributed by atoms with Crippen LogP contribution in [0.5, 0.6) is 0 Å². The van der Waals surface area contributed by atoms with Gasteiger partial charge < -0.3 is 14.8 Å². The van der Waals surface area contributed by atoms with Crippen molar-refractivity contribution in [3.05, 3.63) is 34.2 Å². The Morgan fingerprint density at radius 1 is 1.24 bits per heavy atom. The highest BCUT2D eigenvalue weighted by molar-refractivity contribution is 6.00. The number of aromatic nitrogens is 2. The predicted molar refractivity (Wildman–Crippen MR) is 121 cm³/mol. The topological polar surface area (TPSA) is 121 Å². The lowest BCUT2D eigenvalue weighted by Crippen LogP contribution is -2.44. The molecule has 0 bridgehead atoms. The number of hydrogen-bond donors (Lipinski definition) is 2. The molecule has 2 aromatic rings. The van der Waals surface area contributed by atoms with E-state index in [1.54, 1.807) is 46.0 Å². The molecule has 0 radical (unpaired) electrons. The second-order valence-corrected chi connectivity index (χ2v) is 8.67. The first-order valence-electron chi connectivity index (χ1n) is 10.6. The standard InChI is InChI=1S/C23H28N4O6/c1-23(2,3)33-21(30)24-11-13-32-12-5-6-15-7-8-16-18(14-15)26(4)22(31)27(16)17-9-10-19(28)25-20(17)29/h7-8,14,17H,9-13H2,1-4H3,(H,24,30)(H,25,28,29).